The van der Waals surface area contributed by atoms with Gasteiger partial charge < -0.3 is 10.6 Å². The molecule has 1 rings (SSSR count). The quantitative estimate of drug-likeness (QED) is 0.753. The summed E-state index contributed by atoms with van der Waals surface area (Å²) in [7, 11) is 0.315. The molecule has 0 aliphatic rings. The van der Waals surface area contributed by atoms with E-state index in [0.717, 1.165) is 6.42 Å². The molecule has 1 unspecified atom stereocenters. The minimum atomic E-state index is -3.56. The number of likely N-dealkylation sites (N-methyl/N-ethyl adjacent to an activating group) is 1. The Morgan fingerprint density at radius 2 is 1.90 bits per heavy atom. The van der Waals surface area contributed by atoms with E-state index < -0.39 is 10.0 Å². The SMILES string of the molecule is Cc1ccc(N)cc1S(=O)(=O)NC(CC(C)C)CN(C)C. The van der Waals surface area contributed by atoms with E-state index in [1.54, 1.807) is 19.1 Å². The molecule has 6 heteroatoms. The van der Waals surface area contributed by atoms with Gasteiger partial charge >= 0.3 is 0 Å². The van der Waals surface area contributed by atoms with Crippen LogP contribution in [-0.2, 0) is 10.0 Å². The van der Waals surface area contributed by atoms with Crippen molar-refractivity contribution in [2.24, 2.45) is 5.92 Å². The van der Waals surface area contributed by atoms with Crippen LogP contribution in [0.5, 0.6) is 0 Å². The van der Waals surface area contributed by atoms with E-state index in [-0.39, 0.29) is 10.9 Å². The smallest absolute Gasteiger partial charge is 0.241 e. The number of benzene rings is 1. The molecule has 0 saturated heterocycles. The molecule has 0 saturated carbocycles. The van der Waals surface area contributed by atoms with Gasteiger partial charge in [0.1, 0.15) is 0 Å². The molecule has 5 nitrogen and oxygen atoms in total. The highest BCUT2D eigenvalue weighted by Crippen LogP contribution is 2.19. The average molecular weight is 313 g/mol. The first-order valence-corrected chi connectivity index (χ1v) is 8.63. The molecular formula is C15H27N3O2S. The number of hydrogen-bond acceptors (Lipinski definition) is 4. The van der Waals surface area contributed by atoms with E-state index in [9.17, 15) is 8.42 Å². The summed E-state index contributed by atoms with van der Waals surface area (Å²) in [5, 5.41) is 0. The summed E-state index contributed by atoms with van der Waals surface area (Å²) in [5.74, 6) is 0.416. The highest BCUT2D eigenvalue weighted by molar-refractivity contribution is 7.89. The number of rotatable bonds is 7. The third kappa shape index (κ3) is 5.65. The summed E-state index contributed by atoms with van der Waals surface area (Å²) in [6, 6.07) is 4.83. The molecule has 0 radical (unpaired) electrons. The minimum absolute atomic E-state index is 0.120. The molecule has 0 fully saturated rings. The molecule has 3 N–H and O–H groups in total. The average Bonchev–Trinajstić information content (AvgIpc) is 2.29. The Morgan fingerprint density at radius 1 is 1.29 bits per heavy atom. The molecule has 1 aromatic rings. The summed E-state index contributed by atoms with van der Waals surface area (Å²) in [6.07, 6.45) is 0.790. The van der Waals surface area contributed by atoms with Gasteiger partial charge in [-0.3, -0.25) is 0 Å². The normalized spacial score (nSPS) is 13.9. The summed E-state index contributed by atoms with van der Waals surface area (Å²) < 4.78 is 28.0. The molecule has 1 atom stereocenters. The number of sulfonamides is 1. The van der Waals surface area contributed by atoms with Crippen LogP contribution in [0.25, 0.3) is 0 Å². The van der Waals surface area contributed by atoms with Gasteiger partial charge in [-0.25, -0.2) is 13.1 Å². The standard InChI is InChI=1S/C15H27N3O2S/c1-11(2)8-14(10-18(4)5)17-21(19,20)15-9-13(16)7-6-12(15)3/h6-7,9,11,14,17H,8,10,16H2,1-5H3. The van der Waals surface area contributed by atoms with Crippen molar-refractivity contribution in [2.75, 3.05) is 26.4 Å². The van der Waals surface area contributed by atoms with Gasteiger partial charge in [0.05, 0.1) is 4.90 Å². The molecule has 1 aromatic carbocycles. The fourth-order valence-corrected chi connectivity index (χ4v) is 3.88. The molecule has 0 bridgehead atoms. The molecule has 0 heterocycles. The van der Waals surface area contributed by atoms with Gasteiger partial charge in [-0.05, 0) is 51.1 Å². The van der Waals surface area contributed by atoms with Crippen LogP contribution in [-0.4, -0.2) is 40.0 Å². The second-order valence-corrected chi connectivity index (χ2v) is 7.92. The van der Waals surface area contributed by atoms with Crippen molar-refractivity contribution in [1.82, 2.24) is 9.62 Å². The zero-order chi connectivity index (χ0) is 16.2. The molecule has 21 heavy (non-hydrogen) atoms. The second-order valence-electron chi connectivity index (χ2n) is 6.23. The molecule has 0 aliphatic heterocycles. The highest BCUT2D eigenvalue weighted by Gasteiger charge is 2.23. The van der Waals surface area contributed by atoms with Crippen molar-refractivity contribution in [2.45, 2.75) is 38.1 Å². The first kappa shape index (κ1) is 17.9. The number of aryl methyl sites for hydroxylation is 1. The first-order valence-electron chi connectivity index (χ1n) is 7.15. The van der Waals surface area contributed by atoms with Crippen molar-refractivity contribution >= 4 is 15.7 Å². The van der Waals surface area contributed by atoms with Gasteiger partial charge in [0, 0.05) is 18.3 Å². The van der Waals surface area contributed by atoms with Crippen LogP contribution < -0.4 is 10.5 Å². The third-order valence-electron chi connectivity index (χ3n) is 3.16. The van der Waals surface area contributed by atoms with Crippen LogP contribution in [0.2, 0.25) is 0 Å². The maximum absolute atomic E-state index is 12.6. The van der Waals surface area contributed by atoms with Crippen LogP contribution in [0, 0.1) is 12.8 Å². The second kappa shape index (κ2) is 7.24. The van der Waals surface area contributed by atoms with Crippen LogP contribution in [0.1, 0.15) is 25.8 Å². The van der Waals surface area contributed by atoms with Gasteiger partial charge in [0.2, 0.25) is 10.0 Å². The number of nitrogens with two attached hydrogens (primary N) is 1. The lowest BCUT2D eigenvalue weighted by Crippen LogP contribution is -2.42. The van der Waals surface area contributed by atoms with Crippen molar-refractivity contribution in [3.05, 3.63) is 23.8 Å². The van der Waals surface area contributed by atoms with E-state index in [1.807, 2.05) is 19.0 Å². The van der Waals surface area contributed by atoms with Gasteiger partial charge in [0.15, 0.2) is 0 Å². The van der Waals surface area contributed by atoms with Crippen molar-refractivity contribution in [3.8, 4) is 0 Å². The topological polar surface area (TPSA) is 75.4 Å². The van der Waals surface area contributed by atoms with Gasteiger partial charge in [0.25, 0.3) is 0 Å². The van der Waals surface area contributed by atoms with E-state index in [4.69, 9.17) is 5.73 Å². The number of hydrogen-bond donors (Lipinski definition) is 2. The first-order chi connectivity index (χ1) is 9.61. The Balaban J connectivity index is 3.02. The molecule has 0 aromatic heterocycles. The predicted octanol–water partition coefficient (Wildman–Crippen LogP) is 1.83. The highest BCUT2D eigenvalue weighted by atomic mass is 32.2. The summed E-state index contributed by atoms with van der Waals surface area (Å²) in [5.41, 5.74) is 6.87. The lowest BCUT2D eigenvalue weighted by molar-refractivity contribution is 0.329. The fourth-order valence-electron chi connectivity index (χ4n) is 2.36. The zero-order valence-electron chi connectivity index (χ0n) is 13.6. The Bertz CT molecular complexity index is 558. The van der Waals surface area contributed by atoms with Gasteiger partial charge in [-0.15, -0.1) is 0 Å². The molecule has 0 amide bonds. The van der Waals surface area contributed by atoms with Crippen molar-refractivity contribution in [1.29, 1.82) is 0 Å². The predicted molar refractivity (Wildman–Crippen MR) is 87.7 cm³/mol. The molecule has 0 spiro atoms. The summed E-state index contributed by atoms with van der Waals surface area (Å²) in [6.45, 7) is 6.61. The van der Waals surface area contributed by atoms with Gasteiger partial charge in [-0.1, -0.05) is 19.9 Å². The van der Waals surface area contributed by atoms with E-state index >= 15 is 0 Å². The number of nitrogens with zero attached hydrogens (tertiary/aromatic N) is 1. The number of nitrogens with one attached hydrogen (secondary N) is 1. The Kier molecular flexibility index (Phi) is 6.19. The number of nitrogen functional groups attached to an aromatic ring is 1. The van der Waals surface area contributed by atoms with Crippen molar-refractivity contribution < 1.29 is 8.42 Å². The summed E-state index contributed by atoms with van der Waals surface area (Å²) >= 11 is 0. The maximum atomic E-state index is 12.6. The largest absolute Gasteiger partial charge is 0.399 e. The van der Waals surface area contributed by atoms with E-state index in [2.05, 4.69) is 18.6 Å². The van der Waals surface area contributed by atoms with Crippen LogP contribution in [0.4, 0.5) is 5.69 Å². The van der Waals surface area contributed by atoms with Crippen LogP contribution >= 0.6 is 0 Å². The molecule has 0 aliphatic carbocycles. The molecule has 120 valence electrons. The zero-order valence-corrected chi connectivity index (χ0v) is 14.4. The lowest BCUT2D eigenvalue weighted by Gasteiger charge is -2.24. The van der Waals surface area contributed by atoms with Crippen LogP contribution in [0.3, 0.4) is 0 Å². The monoisotopic (exact) mass is 313 g/mol. The van der Waals surface area contributed by atoms with E-state index in [0.29, 0.717) is 23.7 Å². The fraction of sp³-hybridized carbons (Fsp3) is 0.600. The Hall–Kier alpha value is -1.11. The van der Waals surface area contributed by atoms with Crippen molar-refractivity contribution in [3.63, 3.8) is 0 Å². The lowest BCUT2D eigenvalue weighted by atomic mass is 10.0. The minimum Gasteiger partial charge on any atom is -0.399 e. The third-order valence-corrected chi connectivity index (χ3v) is 4.83. The Labute approximate surface area is 128 Å². The summed E-state index contributed by atoms with van der Waals surface area (Å²) in [4.78, 5) is 2.25. The maximum Gasteiger partial charge on any atom is 0.241 e. The van der Waals surface area contributed by atoms with Gasteiger partial charge in [-0.2, -0.15) is 0 Å². The van der Waals surface area contributed by atoms with Crippen LogP contribution in [0.15, 0.2) is 23.1 Å². The molecular weight excluding hydrogens is 286 g/mol. The Morgan fingerprint density at radius 3 is 2.43 bits per heavy atom. The number of anilines is 1. The van der Waals surface area contributed by atoms with E-state index in [1.165, 1.54) is 6.07 Å².